The molecule has 3 heteroatoms. The van der Waals surface area contributed by atoms with Crippen LogP contribution in [0.3, 0.4) is 0 Å². The molecule has 0 unspecified atom stereocenters. The number of halogens is 1. The average molecular weight is 535 g/mol. The molecule has 1 heterocycles. The minimum Gasteiger partial charge on any atom is -0.492 e. The van der Waals surface area contributed by atoms with Gasteiger partial charge in [-0.15, -0.1) is 0 Å². The Morgan fingerprint density at radius 2 is 1.41 bits per heavy atom. The van der Waals surface area contributed by atoms with E-state index in [0.717, 1.165) is 25.3 Å². The lowest BCUT2D eigenvalue weighted by molar-refractivity contribution is 0.183. The Balaban J connectivity index is 1.58. The van der Waals surface area contributed by atoms with Gasteiger partial charge in [0.15, 0.2) is 0 Å². The first-order chi connectivity index (χ1) is 15.7. The maximum atomic E-state index is 6.08. The molecule has 0 bridgehead atoms. The van der Waals surface area contributed by atoms with Crippen LogP contribution >= 0.6 is 22.6 Å². The lowest BCUT2D eigenvalue weighted by Crippen LogP contribution is -2.33. The van der Waals surface area contributed by atoms with Gasteiger partial charge in [-0.3, -0.25) is 4.90 Å². The van der Waals surface area contributed by atoms with E-state index in [4.69, 9.17) is 4.74 Å². The SMILES string of the molecule is CC/C(=C(\c1ccc([125I])cc1)c1ccc(OCCN2CCCCC2)cc1)c1ccccc1. The summed E-state index contributed by atoms with van der Waals surface area (Å²) in [6.45, 7) is 6.44. The van der Waals surface area contributed by atoms with Gasteiger partial charge in [0, 0.05) is 10.1 Å². The van der Waals surface area contributed by atoms with Gasteiger partial charge in [-0.2, -0.15) is 0 Å². The Morgan fingerprint density at radius 3 is 2.03 bits per heavy atom. The van der Waals surface area contributed by atoms with E-state index in [1.165, 1.54) is 63.8 Å². The van der Waals surface area contributed by atoms with E-state index in [9.17, 15) is 0 Å². The van der Waals surface area contributed by atoms with Crippen molar-refractivity contribution in [1.82, 2.24) is 4.90 Å². The van der Waals surface area contributed by atoms with Gasteiger partial charge in [-0.1, -0.05) is 67.9 Å². The minimum atomic E-state index is 0.753. The number of hydrogen-bond acceptors (Lipinski definition) is 2. The summed E-state index contributed by atoms with van der Waals surface area (Å²) in [5.74, 6) is 0.950. The van der Waals surface area contributed by atoms with Gasteiger partial charge in [-0.25, -0.2) is 0 Å². The van der Waals surface area contributed by atoms with Gasteiger partial charge >= 0.3 is 0 Å². The van der Waals surface area contributed by atoms with Crippen LogP contribution in [0.5, 0.6) is 5.75 Å². The Morgan fingerprint density at radius 1 is 0.781 bits per heavy atom. The van der Waals surface area contributed by atoms with Crippen molar-refractivity contribution in [3.8, 4) is 5.75 Å². The lowest BCUT2D eigenvalue weighted by atomic mass is 9.88. The number of rotatable bonds is 8. The van der Waals surface area contributed by atoms with E-state index in [-0.39, 0.29) is 0 Å². The van der Waals surface area contributed by atoms with Crippen molar-refractivity contribution in [3.63, 3.8) is 0 Å². The Bertz CT molecular complexity index is 1000. The Hall–Kier alpha value is -2.11. The predicted octanol–water partition coefficient (Wildman–Crippen LogP) is 7.53. The van der Waals surface area contributed by atoms with Gasteiger partial charge in [0.25, 0.3) is 0 Å². The fourth-order valence-electron chi connectivity index (χ4n) is 4.49. The molecule has 0 saturated carbocycles. The fraction of sp³-hybridized carbons (Fsp3) is 0.310. The monoisotopic (exact) mass is 535 g/mol. The van der Waals surface area contributed by atoms with Crippen molar-refractivity contribution in [1.29, 1.82) is 0 Å². The topological polar surface area (TPSA) is 12.5 Å². The Kier molecular flexibility index (Phi) is 8.41. The highest BCUT2D eigenvalue weighted by Crippen LogP contribution is 2.35. The molecule has 1 aliphatic heterocycles. The Labute approximate surface area is 206 Å². The molecule has 32 heavy (non-hydrogen) atoms. The first kappa shape index (κ1) is 23.1. The van der Waals surface area contributed by atoms with Crippen LogP contribution in [-0.2, 0) is 0 Å². The van der Waals surface area contributed by atoms with Crippen molar-refractivity contribution in [2.75, 3.05) is 26.2 Å². The number of ether oxygens (including phenoxy) is 1. The maximum absolute atomic E-state index is 6.08. The highest BCUT2D eigenvalue weighted by molar-refractivity contribution is 14.1. The number of hydrogen-bond donors (Lipinski definition) is 0. The average Bonchev–Trinajstić information content (AvgIpc) is 2.85. The van der Waals surface area contributed by atoms with Crippen LogP contribution in [0.1, 0.15) is 49.3 Å². The zero-order valence-corrected chi connectivity index (χ0v) is 21.1. The summed E-state index contributed by atoms with van der Waals surface area (Å²) in [6, 6.07) is 28.3. The zero-order chi connectivity index (χ0) is 22.2. The highest BCUT2D eigenvalue weighted by atomic mass is 125. The van der Waals surface area contributed by atoms with E-state index >= 15 is 0 Å². The quantitative estimate of drug-likeness (QED) is 0.219. The largest absolute Gasteiger partial charge is 0.492 e. The molecule has 0 N–H and O–H groups in total. The van der Waals surface area contributed by atoms with Crippen LogP contribution in [0.2, 0.25) is 0 Å². The third-order valence-corrected chi connectivity index (χ3v) is 6.90. The van der Waals surface area contributed by atoms with Crippen LogP contribution in [0, 0.1) is 3.57 Å². The third kappa shape index (κ3) is 6.02. The number of nitrogens with zero attached hydrogens (tertiary/aromatic N) is 1. The molecule has 4 rings (SSSR count). The van der Waals surface area contributed by atoms with Crippen LogP contribution in [0.4, 0.5) is 0 Å². The van der Waals surface area contributed by atoms with E-state index in [0.29, 0.717) is 0 Å². The second-order valence-electron chi connectivity index (χ2n) is 8.36. The summed E-state index contributed by atoms with van der Waals surface area (Å²) in [6.07, 6.45) is 4.99. The second-order valence-corrected chi connectivity index (χ2v) is 9.60. The van der Waals surface area contributed by atoms with Crippen molar-refractivity contribution in [2.24, 2.45) is 0 Å². The number of allylic oxidation sites excluding steroid dienone is 1. The van der Waals surface area contributed by atoms with Crippen LogP contribution in [0.25, 0.3) is 11.1 Å². The summed E-state index contributed by atoms with van der Waals surface area (Å²) < 4.78 is 7.33. The molecule has 0 spiro atoms. The van der Waals surface area contributed by atoms with Crippen LogP contribution < -0.4 is 4.74 Å². The summed E-state index contributed by atoms with van der Waals surface area (Å²) in [4.78, 5) is 2.52. The molecule has 1 fully saturated rings. The van der Waals surface area contributed by atoms with E-state index in [1.54, 1.807) is 0 Å². The first-order valence-electron chi connectivity index (χ1n) is 11.7. The van der Waals surface area contributed by atoms with Gasteiger partial charge in [0.2, 0.25) is 0 Å². The van der Waals surface area contributed by atoms with Crippen molar-refractivity contribution in [3.05, 3.63) is 99.1 Å². The second kappa shape index (κ2) is 11.7. The minimum absolute atomic E-state index is 0.753. The third-order valence-electron chi connectivity index (χ3n) is 6.18. The summed E-state index contributed by atoms with van der Waals surface area (Å²) in [5.41, 5.74) is 6.44. The molecule has 0 radical (unpaired) electrons. The van der Waals surface area contributed by atoms with Crippen molar-refractivity contribution < 1.29 is 4.74 Å². The standard InChI is InChI=1S/C29H32INO/c1-2-28(23-9-5-3-6-10-23)29(24-11-15-26(30)16-12-24)25-13-17-27(18-14-25)32-22-21-31-19-7-4-8-20-31/h3,5-6,9-18H,2,4,7-8,19-22H2,1H3/b29-28-/i30-2. The molecule has 0 amide bonds. The summed E-state index contributed by atoms with van der Waals surface area (Å²) in [7, 11) is 0. The number of piperidine rings is 1. The molecule has 1 aliphatic rings. The lowest BCUT2D eigenvalue weighted by Gasteiger charge is -2.26. The molecule has 0 aliphatic carbocycles. The molecular formula is C29H32INO. The molecule has 2 nitrogen and oxygen atoms in total. The van der Waals surface area contributed by atoms with Gasteiger partial charge in [-0.05, 0) is 107 Å². The summed E-state index contributed by atoms with van der Waals surface area (Å²) in [5, 5.41) is 0. The molecule has 3 aromatic carbocycles. The highest BCUT2D eigenvalue weighted by Gasteiger charge is 2.14. The maximum Gasteiger partial charge on any atom is 0.119 e. The van der Waals surface area contributed by atoms with E-state index in [1.807, 2.05) is 0 Å². The fourth-order valence-corrected chi connectivity index (χ4v) is 4.85. The molecule has 3 aromatic rings. The number of benzene rings is 3. The normalized spacial score (nSPS) is 15.3. The van der Waals surface area contributed by atoms with Gasteiger partial charge < -0.3 is 4.74 Å². The molecule has 166 valence electrons. The predicted molar refractivity (Wildman–Crippen MR) is 144 cm³/mol. The van der Waals surface area contributed by atoms with Crippen molar-refractivity contribution >= 4 is 33.7 Å². The van der Waals surface area contributed by atoms with Crippen LogP contribution in [-0.4, -0.2) is 31.1 Å². The zero-order valence-electron chi connectivity index (χ0n) is 18.9. The molecule has 1 saturated heterocycles. The summed E-state index contributed by atoms with van der Waals surface area (Å²) >= 11 is 2.37. The van der Waals surface area contributed by atoms with Gasteiger partial charge in [0.05, 0.1) is 0 Å². The van der Waals surface area contributed by atoms with Gasteiger partial charge in [0.1, 0.15) is 12.4 Å². The van der Waals surface area contributed by atoms with Crippen LogP contribution in [0.15, 0.2) is 78.9 Å². The molecule has 0 aromatic heterocycles. The molecule has 0 atom stereocenters. The first-order valence-corrected chi connectivity index (χ1v) is 12.8. The van der Waals surface area contributed by atoms with E-state index < -0.39 is 0 Å². The number of likely N-dealkylation sites (tertiary alicyclic amines) is 1. The van der Waals surface area contributed by atoms with Crippen molar-refractivity contribution in [2.45, 2.75) is 32.6 Å². The van der Waals surface area contributed by atoms with E-state index in [2.05, 4.69) is 113 Å². The smallest absolute Gasteiger partial charge is 0.119 e. The molecular weight excluding hydrogens is 503 g/mol.